The first-order valence-corrected chi connectivity index (χ1v) is 9.92. The molecule has 1 aromatic heterocycles. The largest absolute Gasteiger partial charge is 0.494 e. The van der Waals surface area contributed by atoms with Gasteiger partial charge in [0, 0.05) is 36.7 Å². The number of ether oxygens (including phenoxy) is 1. The summed E-state index contributed by atoms with van der Waals surface area (Å²) in [4.78, 5) is 4.42. The topological polar surface area (TPSA) is 66.1 Å². The molecule has 146 valence electrons. The molecule has 7 nitrogen and oxygen atoms in total. The molecule has 7 heteroatoms. The number of allylic oxidation sites excluding steroid dienone is 1. The fourth-order valence-corrected chi connectivity index (χ4v) is 4.40. The Morgan fingerprint density at radius 1 is 1.21 bits per heavy atom. The molecule has 0 radical (unpaired) electrons. The highest BCUT2D eigenvalue weighted by molar-refractivity contribution is 5.86. The van der Waals surface area contributed by atoms with E-state index >= 15 is 0 Å². The van der Waals surface area contributed by atoms with Gasteiger partial charge in [0.05, 0.1) is 25.2 Å². The van der Waals surface area contributed by atoms with E-state index in [2.05, 4.69) is 33.0 Å². The lowest BCUT2D eigenvalue weighted by molar-refractivity contribution is 0.165. The molecule has 3 aliphatic rings. The standard InChI is InChI=1S/C21H25N5O2/c1-28-20-12-18-16(13-24(23-18)17-5-3-15(14-27)4-6-17)11-19(20)25-10-7-21-22-8-2-9-26(21)25/h2,7-9,11-13,15,17,27H,3-6,10,14H2,1H3. The van der Waals surface area contributed by atoms with Crippen LogP contribution in [0.2, 0.25) is 0 Å². The van der Waals surface area contributed by atoms with Crippen molar-refractivity contribution in [3.8, 4) is 5.75 Å². The van der Waals surface area contributed by atoms with E-state index in [4.69, 9.17) is 9.84 Å². The average molecular weight is 379 g/mol. The van der Waals surface area contributed by atoms with Crippen LogP contribution in [0.3, 0.4) is 0 Å². The minimum absolute atomic E-state index is 0.301. The quantitative estimate of drug-likeness (QED) is 0.883. The molecule has 0 spiro atoms. The first kappa shape index (κ1) is 17.3. The van der Waals surface area contributed by atoms with Gasteiger partial charge in [-0.25, -0.2) is 10.0 Å². The van der Waals surface area contributed by atoms with Gasteiger partial charge < -0.3 is 9.84 Å². The number of aliphatic hydroxyl groups excluding tert-OH is 1. The van der Waals surface area contributed by atoms with Crippen molar-refractivity contribution in [3.05, 3.63) is 42.5 Å². The Bertz CT molecular complexity index is 969. The van der Waals surface area contributed by atoms with E-state index < -0.39 is 0 Å². The monoisotopic (exact) mass is 379 g/mol. The maximum atomic E-state index is 9.37. The van der Waals surface area contributed by atoms with Gasteiger partial charge in [-0.3, -0.25) is 9.69 Å². The van der Waals surface area contributed by atoms with Gasteiger partial charge in [-0.15, -0.1) is 0 Å². The number of fused-ring (bicyclic) bond motifs is 2. The van der Waals surface area contributed by atoms with E-state index in [-0.39, 0.29) is 0 Å². The SMILES string of the molecule is COc1cc2nn(C3CCC(CO)CC3)cc2cc1N1CC=C2N=CC=CN21. The molecule has 1 fully saturated rings. The maximum Gasteiger partial charge on any atom is 0.149 e. The molecule has 28 heavy (non-hydrogen) atoms. The molecule has 0 bridgehead atoms. The van der Waals surface area contributed by atoms with Crippen LogP contribution < -0.4 is 9.75 Å². The predicted octanol–water partition coefficient (Wildman–Crippen LogP) is 3.25. The molecule has 2 aliphatic heterocycles. The van der Waals surface area contributed by atoms with Crippen molar-refractivity contribution < 1.29 is 9.84 Å². The van der Waals surface area contributed by atoms with Crippen LogP contribution in [0.4, 0.5) is 5.69 Å². The third-order valence-corrected chi connectivity index (χ3v) is 6.01. The number of methoxy groups -OCH3 is 1. The second kappa shape index (κ2) is 6.98. The molecule has 1 aromatic carbocycles. The van der Waals surface area contributed by atoms with Crippen molar-refractivity contribution in [3.63, 3.8) is 0 Å². The lowest BCUT2D eigenvalue weighted by Crippen LogP contribution is -2.34. The zero-order valence-corrected chi connectivity index (χ0v) is 16.0. The summed E-state index contributed by atoms with van der Waals surface area (Å²) in [6.07, 6.45) is 14.3. The van der Waals surface area contributed by atoms with Gasteiger partial charge in [0.25, 0.3) is 0 Å². The molecule has 2 aromatic rings. The summed E-state index contributed by atoms with van der Waals surface area (Å²) in [7, 11) is 1.70. The second-order valence-corrected chi connectivity index (χ2v) is 7.66. The first-order valence-electron chi connectivity index (χ1n) is 9.92. The summed E-state index contributed by atoms with van der Waals surface area (Å²) in [6.45, 7) is 1.05. The lowest BCUT2D eigenvalue weighted by Gasteiger charge is -2.31. The van der Waals surface area contributed by atoms with Crippen molar-refractivity contribution in [2.45, 2.75) is 31.7 Å². The number of aromatic nitrogens is 2. The van der Waals surface area contributed by atoms with Crippen LogP contribution in [0.25, 0.3) is 10.9 Å². The van der Waals surface area contributed by atoms with E-state index in [0.29, 0.717) is 18.6 Å². The minimum Gasteiger partial charge on any atom is -0.494 e. The summed E-state index contributed by atoms with van der Waals surface area (Å²) in [5.74, 6) is 2.19. The Morgan fingerprint density at radius 3 is 2.86 bits per heavy atom. The molecule has 0 atom stereocenters. The second-order valence-electron chi connectivity index (χ2n) is 7.66. The van der Waals surface area contributed by atoms with Gasteiger partial charge in [0.15, 0.2) is 0 Å². The number of hydrogen-bond donors (Lipinski definition) is 1. The Kier molecular flexibility index (Phi) is 4.31. The molecule has 0 saturated heterocycles. The number of aliphatic imine (C=N–C) groups is 1. The zero-order chi connectivity index (χ0) is 19.1. The van der Waals surface area contributed by atoms with Gasteiger partial charge in [0.2, 0.25) is 0 Å². The van der Waals surface area contributed by atoms with Gasteiger partial charge in [-0.05, 0) is 49.8 Å². The lowest BCUT2D eigenvalue weighted by atomic mass is 9.87. The molecule has 1 saturated carbocycles. The Morgan fingerprint density at radius 2 is 2.07 bits per heavy atom. The number of aliphatic hydroxyl groups is 1. The van der Waals surface area contributed by atoms with Gasteiger partial charge in [-0.2, -0.15) is 5.10 Å². The Hall–Kier alpha value is -2.80. The zero-order valence-electron chi connectivity index (χ0n) is 16.0. The molecule has 3 heterocycles. The van der Waals surface area contributed by atoms with Crippen molar-refractivity contribution in [2.24, 2.45) is 10.9 Å². The Labute approximate surface area is 164 Å². The highest BCUT2D eigenvalue weighted by atomic mass is 16.5. The molecule has 5 rings (SSSR count). The van der Waals surface area contributed by atoms with Crippen LogP contribution >= 0.6 is 0 Å². The number of rotatable bonds is 4. The smallest absolute Gasteiger partial charge is 0.149 e. The van der Waals surface area contributed by atoms with E-state index in [1.54, 1.807) is 7.11 Å². The normalized spacial score (nSPS) is 24.0. The molecule has 1 N–H and O–H groups in total. The van der Waals surface area contributed by atoms with Crippen LogP contribution in [-0.2, 0) is 0 Å². The predicted molar refractivity (Wildman–Crippen MR) is 109 cm³/mol. The summed E-state index contributed by atoms with van der Waals surface area (Å²) in [5, 5.41) is 19.5. The fraction of sp³-hybridized carbons (Fsp3) is 0.429. The van der Waals surface area contributed by atoms with Crippen LogP contribution in [0.15, 0.2) is 47.5 Å². The van der Waals surface area contributed by atoms with Crippen LogP contribution in [0.5, 0.6) is 5.75 Å². The third kappa shape index (κ3) is 2.86. The van der Waals surface area contributed by atoms with Crippen molar-refractivity contribution in [1.82, 2.24) is 14.8 Å². The summed E-state index contributed by atoms with van der Waals surface area (Å²) in [6, 6.07) is 4.58. The van der Waals surface area contributed by atoms with Crippen molar-refractivity contribution in [2.75, 3.05) is 25.3 Å². The average Bonchev–Trinajstić information content (AvgIpc) is 3.36. The summed E-state index contributed by atoms with van der Waals surface area (Å²) >= 11 is 0. The highest BCUT2D eigenvalue weighted by Crippen LogP contribution is 2.38. The van der Waals surface area contributed by atoms with Gasteiger partial charge >= 0.3 is 0 Å². The molecule has 0 unspecified atom stereocenters. The van der Waals surface area contributed by atoms with E-state index in [9.17, 15) is 5.11 Å². The molecule has 0 amide bonds. The van der Waals surface area contributed by atoms with Crippen LogP contribution in [-0.4, -0.2) is 46.4 Å². The highest BCUT2D eigenvalue weighted by Gasteiger charge is 2.27. The van der Waals surface area contributed by atoms with Gasteiger partial charge in [0.1, 0.15) is 17.3 Å². The summed E-state index contributed by atoms with van der Waals surface area (Å²) in [5.41, 5.74) is 1.95. The molecular weight excluding hydrogens is 354 g/mol. The van der Waals surface area contributed by atoms with Crippen LogP contribution in [0, 0.1) is 5.92 Å². The molecule has 1 aliphatic carbocycles. The number of nitrogens with zero attached hydrogens (tertiary/aromatic N) is 5. The third-order valence-electron chi connectivity index (χ3n) is 6.01. The van der Waals surface area contributed by atoms with Crippen molar-refractivity contribution in [1.29, 1.82) is 0 Å². The number of hydrogen-bond acceptors (Lipinski definition) is 6. The van der Waals surface area contributed by atoms with E-state index in [1.807, 2.05) is 29.6 Å². The number of anilines is 1. The van der Waals surface area contributed by atoms with Gasteiger partial charge in [-0.1, -0.05) is 0 Å². The maximum absolute atomic E-state index is 9.37. The first-order chi connectivity index (χ1) is 13.8. The van der Waals surface area contributed by atoms with E-state index in [1.165, 1.54) is 0 Å². The molecular formula is C21H25N5O2. The number of benzene rings is 1. The fourth-order valence-electron chi connectivity index (χ4n) is 4.40. The minimum atomic E-state index is 0.301. The van der Waals surface area contributed by atoms with Crippen LogP contribution in [0.1, 0.15) is 31.7 Å². The Balaban J connectivity index is 1.46. The number of hydrazine groups is 1. The van der Waals surface area contributed by atoms with Crippen molar-refractivity contribution >= 4 is 22.8 Å². The summed E-state index contributed by atoms with van der Waals surface area (Å²) < 4.78 is 7.81. The van der Waals surface area contributed by atoms with E-state index in [0.717, 1.165) is 60.4 Å².